The summed E-state index contributed by atoms with van der Waals surface area (Å²) in [5.41, 5.74) is 0.499. The summed E-state index contributed by atoms with van der Waals surface area (Å²) in [5.74, 6) is 1.16. The highest BCUT2D eigenvalue weighted by molar-refractivity contribution is 7.10. The zero-order valence-corrected chi connectivity index (χ0v) is 15.2. The van der Waals surface area contributed by atoms with Crippen LogP contribution in [0.4, 0.5) is 0 Å². The number of hydrogen-bond acceptors (Lipinski definition) is 3. The van der Waals surface area contributed by atoms with Crippen LogP contribution < -0.4 is 0 Å². The molecular formula is C19H26N2O2S. The average Bonchev–Trinajstić information content (AvgIpc) is 3.12. The average molecular weight is 346 g/mol. The molecule has 5 heteroatoms. The summed E-state index contributed by atoms with van der Waals surface area (Å²) in [7, 11) is 0. The Balaban J connectivity index is 1.46. The third kappa shape index (κ3) is 2.87. The molecule has 0 unspecified atom stereocenters. The van der Waals surface area contributed by atoms with Gasteiger partial charge in [0.05, 0.1) is 11.0 Å². The molecule has 24 heavy (non-hydrogen) atoms. The van der Waals surface area contributed by atoms with E-state index < -0.39 is 0 Å². The Morgan fingerprint density at radius 3 is 2.88 bits per heavy atom. The minimum atomic E-state index is -0.299. The van der Waals surface area contributed by atoms with E-state index in [4.69, 9.17) is 0 Å². The number of rotatable bonds is 4. The topological polar surface area (TPSA) is 40.6 Å². The van der Waals surface area contributed by atoms with Crippen molar-refractivity contribution in [2.75, 3.05) is 26.2 Å². The van der Waals surface area contributed by atoms with Gasteiger partial charge in [-0.2, -0.15) is 0 Å². The van der Waals surface area contributed by atoms with Crippen molar-refractivity contribution in [2.24, 2.45) is 11.3 Å². The Morgan fingerprint density at radius 2 is 2.17 bits per heavy atom. The normalized spacial score (nSPS) is 27.3. The molecule has 2 saturated heterocycles. The van der Waals surface area contributed by atoms with Crippen molar-refractivity contribution in [3.8, 4) is 0 Å². The minimum Gasteiger partial charge on any atom is -0.342 e. The Morgan fingerprint density at radius 1 is 1.33 bits per heavy atom. The molecule has 4 nitrogen and oxygen atoms in total. The lowest BCUT2D eigenvalue weighted by Crippen LogP contribution is -2.50. The quantitative estimate of drug-likeness (QED) is 0.840. The molecule has 1 aliphatic carbocycles. The lowest BCUT2D eigenvalue weighted by molar-refractivity contribution is -0.145. The highest BCUT2D eigenvalue weighted by Crippen LogP contribution is 2.42. The third-order valence-corrected chi connectivity index (χ3v) is 6.97. The molecule has 4 rings (SSSR count). The van der Waals surface area contributed by atoms with Crippen molar-refractivity contribution in [2.45, 2.75) is 45.4 Å². The monoisotopic (exact) mass is 346 g/mol. The van der Waals surface area contributed by atoms with Gasteiger partial charge in [0, 0.05) is 36.4 Å². The summed E-state index contributed by atoms with van der Waals surface area (Å²) in [6.07, 6.45) is 6.39. The van der Waals surface area contributed by atoms with Crippen molar-refractivity contribution in [3.63, 3.8) is 0 Å². The Bertz CT molecular complexity index is 652. The number of carbonyl (C=O) groups is 2. The molecule has 1 saturated carbocycles. The number of hydrogen-bond donors (Lipinski definition) is 0. The second kappa shape index (κ2) is 6.17. The summed E-state index contributed by atoms with van der Waals surface area (Å²) < 4.78 is 0. The summed E-state index contributed by atoms with van der Waals surface area (Å²) in [6, 6.07) is 2.01. The summed E-state index contributed by atoms with van der Waals surface area (Å²) >= 11 is 1.66. The highest BCUT2D eigenvalue weighted by atomic mass is 32.1. The summed E-state index contributed by atoms with van der Waals surface area (Å²) in [6.45, 7) is 5.30. The molecular weight excluding hydrogens is 320 g/mol. The maximum Gasteiger partial charge on any atom is 0.254 e. The van der Waals surface area contributed by atoms with Gasteiger partial charge in [-0.15, -0.1) is 11.3 Å². The molecule has 3 fully saturated rings. The second-order valence-corrected chi connectivity index (χ2v) is 8.71. The number of thiophene rings is 1. The fraction of sp³-hybridized carbons (Fsp3) is 0.684. The van der Waals surface area contributed by atoms with Crippen LogP contribution in [0.25, 0.3) is 0 Å². The molecule has 0 bridgehead atoms. The smallest absolute Gasteiger partial charge is 0.254 e. The van der Waals surface area contributed by atoms with Crippen molar-refractivity contribution in [1.82, 2.24) is 9.80 Å². The number of piperidine rings is 1. The predicted octanol–water partition coefficient (Wildman–Crippen LogP) is 3.18. The van der Waals surface area contributed by atoms with E-state index in [-0.39, 0.29) is 11.3 Å². The molecule has 2 amide bonds. The van der Waals surface area contributed by atoms with Crippen LogP contribution in [0.15, 0.2) is 11.4 Å². The Labute approximate surface area is 147 Å². The van der Waals surface area contributed by atoms with Crippen LogP contribution in [0.2, 0.25) is 0 Å². The van der Waals surface area contributed by atoms with Crippen LogP contribution in [-0.2, 0) is 11.2 Å². The van der Waals surface area contributed by atoms with Gasteiger partial charge in [0.15, 0.2) is 0 Å². The van der Waals surface area contributed by atoms with Gasteiger partial charge >= 0.3 is 0 Å². The molecule has 3 heterocycles. The third-order valence-electron chi connectivity index (χ3n) is 5.89. The van der Waals surface area contributed by atoms with Crippen LogP contribution in [0.5, 0.6) is 0 Å². The number of nitrogens with zero attached hydrogens (tertiary/aromatic N) is 2. The standard InChI is InChI=1S/C19H26N2O2S/c1-2-16-10-15(12-24-16)17(22)21-9-7-19(13-21)6-3-8-20(18(19)23)11-14-4-5-14/h10,12,14H,2-9,11,13H2,1H3/t19-/m1/s1. The van der Waals surface area contributed by atoms with Crippen LogP contribution in [0.1, 0.15) is 54.3 Å². The van der Waals surface area contributed by atoms with Crippen LogP contribution in [-0.4, -0.2) is 47.8 Å². The van der Waals surface area contributed by atoms with E-state index in [2.05, 4.69) is 11.8 Å². The zero-order chi connectivity index (χ0) is 16.7. The van der Waals surface area contributed by atoms with Crippen molar-refractivity contribution < 1.29 is 9.59 Å². The van der Waals surface area contributed by atoms with E-state index in [0.29, 0.717) is 12.5 Å². The van der Waals surface area contributed by atoms with Crippen LogP contribution in [0.3, 0.4) is 0 Å². The van der Waals surface area contributed by atoms with Gasteiger partial charge in [0.25, 0.3) is 5.91 Å². The lowest BCUT2D eigenvalue weighted by Gasteiger charge is -2.39. The maximum atomic E-state index is 13.1. The molecule has 1 spiro atoms. The predicted molar refractivity (Wildman–Crippen MR) is 95.2 cm³/mol. The fourth-order valence-electron chi connectivity index (χ4n) is 4.22. The van der Waals surface area contributed by atoms with Crippen molar-refractivity contribution in [1.29, 1.82) is 0 Å². The van der Waals surface area contributed by atoms with Gasteiger partial charge in [-0.05, 0) is 50.5 Å². The Hall–Kier alpha value is -1.36. The largest absolute Gasteiger partial charge is 0.342 e. The zero-order valence-electron chi connectivity index (χ0n) is 14.4. The molecule has 0 N–H and O–H groups in total. The first kappa shape index (κ1) is 16.1. The van der Waals surface area contributed by atoms with E-state index >= 15 is 0 Å². The fourth-order valence-corrected chi connectivity index (χ4v) is 5.03. The van der Waals surface area contributed by atoms with E-state index in [9.17, 15) is 9.59 Å². The van der Waals surface area contributed by atoms with Gasteiger partial charge in [0.2, 0.25) is 5.91 Å². The number of amides is 2. The molecule has 1 atom stereocenters. The van der Waals surface area contributed by atoms with Gasteiger partial charge in [0.1, 0.15) is 0 Å². The van der Waals surface area contributed by atoms with Gasteiger partial charge in [-0.25, -0.2) is 0 Å². The molecule has 1 aromatic heterocycles. The minimum absolute atomic E-state index is 0.106. The Kier molecular flexibility index (Phi) is 4.15. The van der Waals surface area contributed by atoms with E-state index in [1.165, 1.54) is 17.7 Å². The number of aryl methyl sites for hydroxylation is 1. The first-order chi connectivity index (χ1) is 11.6. The molecule has 1 aromatic rings. The van der Waals surface area contributed by atoms with Crippen LogP contribution >= 0.6 is 11.3 Å². The van der Waals surface area contributed by atoms with Crippen molar-refractivity contribution >= 4 is 23.2 Å². The molecule has 0 radical (unpaired) electrons. The lowest BCUT2D eigenvalue weighted by atomic mass is 9.78. The first-order valence-corrected chi connectivity index (χ1v) is 10.2. The van der Waals surface area contributed by atoms with E-state index in [0.717, 1.165) is 56.8 Å². The molecule has 0 aromatic carbocycles. The van der Waals surface area contributed by atoms with E-state index in [1.807, 2.05) is 16.3 Å². The molecule has 2 aliphatic heterocycles. The second-order valence-electron chi connectivity index (χ2n) is 7.71. The number of likely N-dealkylation sites (tertiary alicyclic amines) is 2. The molecule has 3 aliphatic rings. The molecule has 130 valence electrons. The van der Waals surface area contributed by atoms with Gasteiger partial charge in [-0.3, -0.25) is 9.59 Å². The summed E-state index contributed by atoms with van der Waals surface area (Å²) in [5, 5.41) is 1.97. The highest BCUT2D eigenvalue weighted by Gasteiger charge is 2.50. The van der Waals surface area contributed by atoms with Crippen molar-refractivity contribution in [3.05, 3.63) is 21.9 Å². The first-order valence-electron chi connectivity index (χ1n) is 9.27. The maximum absolute atomic E-state index is 13.1. The van der Waals surface area contributed by atoms with E-state index in [1.54, 1.807) is 11.3 Å². The number of carbonyl (C=O) groups excluding carboxylic acids is 2. The van der Waals surface area contributed by atoms with Gasteiger partial charge < -0.3 is 9.80 Å². The SMILES string of the molecule is CCc1cc(C(=O)N2CC[C@]3(CCCN(CC4CC4)C3=O)C2)cs1. The summed E-state index contributed by atoms with van der Waals surface area (Å²) in [4.78, 5) is 31.1. The van der Waals surface area contributed by atoms with Gasteiger partial charge in [-0.1, -0.05) is 6.92 Å². The van der Waals surface area contributed by atoms with Crippen LogP contribution in [0, 0.1) is 11.3 Å².